The number of aryl methyl sites for hydroxylation is 1. The van der Waals surface area contributed by atoms with E-state index in [-0.39, 0.29) is 12.1 Å². The number of urea groups is 1. The Balaban J connectivity index is 1.99. The second-order valence-corrected chi connectivity index (χ2v) is 5.84. The number of anilines is 1. The molecule has 1 atom stereocenters. The third kappa shape index (κ3) is 3.97. The second-order valence-electron chi connectivity index (χ2n) is 5.84. The Bertz CT molecular complexity index is 453. The minimum atomic E-state index is -0.0145. The molecule has 2 N–H and O–H groups in total. The average Bonchev–Trinajstić information content (AvgIpc) is 2.88. The highest BCUT2D eigenvalue weighted by Crippen LogP contribution is 2.14. The van der Waals surface area contributed by atoms with Gasteiger partial charge in [0.25, 0.3) is 0 Å². The summed E-state index contributed by atoms with van der Waals surface area (Å²) in [7, 11) is 0. The zero-order valence-corrected chi connectivity index (χ0v) is 12.6. The fourth-order valence-corrected chi connectivity index (χ4v) is 2.60. The summed E-state index contributed by atoms with van der Waals surface area (Å²) < 4.78 is 0. The molecular formula is C16H25N3O. The molecule has 0 radical (unpaired) electrons. The Kier molecular flexibility index (Phi) is 5.01. The van der Waals surface area contributed by atoms with Crippen molar-refractivity contribution in [2.75, 3.05) is 18.4 Å². The molecule has 20 heavy (non-hydrogen) atoms. The number of carbonyl (C=O) groups is 1. The summed E-state index contributed by atoms with van der Waals surface area (Å²) in [5.41, 5.74) is 2.01. The number of nitrogens with one attached hydrogen (secondary N) is 2. The number of nitrogens with zero attached hydrogens (tertiary/aromatic N) is 1. The molecule has 1 unspecified atom stereocenters. The summed E-state index contributed by atoms with van der Waals surface area (Å²) >= 11 is 0. The first-order valence-corrected chi connectivity index (χ1v) is 7.44. The molecule has 1 aliphatic rings. The van der Waals surface area contributed by atoms with Crippen molar-refractivity contribution < 1.29 is 4.79 Å². The lowest BCUT2D eigenvalue weighted by molar-refractivity contribution is 0.190. The number of rotatable bonds is 4. The van der Waals surface area contributed by atoms with Crippen LogP contribution in [0.4, 0.5) is 10.5 Å². The van der Waals surface area contributed by atoms with Crippen molar-refractivity contribution in [3.8, 4) is 0 Å². The van der Waals surface area contributed by atoms with Gasteiger partial charge in [0.2, 0.25) is 0 Å². The SMILES string of the molecule is Cc1cccc(NC(=O)N(CC2CCCN2)C(C)C)c1. The van der Waals surface area contributed by atoms with E-state index in [2.05, 4.69) is 24.5 Å². The topological polar surface area (TPSA) is 44.4 Å². The van der Waals surface area contributed by atoms with Crippen LogP contribution in [0.1, 0.15) is 32.3 Å². The molecule has 1 saturated heterocycles. The standard InChI is InChI=1S/C16H25N3O/c1-12(2)19(11-15-8-5-9-17-15)16(20)18-14-7-4-6-13(3)10-14/h4,6-7,10,12,15,17H,5,8-9,11H2,1-3H3,(H,18,20). The number of amides is 2. The highest BCUT2D eigenvalue weighted by Gasteiger charge is 2.23. The molecule has 1 fully saturated rings. The van der Waals surface area contributed by atoms with Crippen molar-refractivity contribution in [3.63, 3.8) is 0 Å². The largest absolute Gasteiger partial charge is 0.322 e. The summed E-state index contributed by atoms with van der Waals surface area (Å²) in [4.78, 5) is 14.3. The summed E-state index contributed by atoms with van der Waals surface area (Å²) in [6, 6.07) is 8.52. The molecule has 1 heterocycles. The van der Waals surface area contributed by atoms with Gasteiger partial charge in [-0.2, -0.15) is 0 Å². The number of benzene rings is 1. The van der Waals surface area contributed by atoms with E-state index in [1.54, 1.807) is 0 Å². The molecule has 4 nitrogen and oxygen atoms in total. The number of hydrogen-bond acceptors (Lipinski definition) is 2. The maximum Gasteiger partial charge on any atom is 0.322 e. The summed E-state index contributed by atoms with van der Waals surface area (Å²) in [5, 5.41) is 6.45. The van der Waals surface area contributed by atoms with Gasteiger partial charge in [0, 0.05) is 24.3 Å². The van der Waals surface area contributed by atoms with Crippen LogP contribution in [0.25, 0.3) is 0 Å². The van der Waals surface area contributed by atoms with Crippen LogP contribution in [0.15, 0.2) is 24.3 Å². The van der Waals surface area contributed by atoms with E-state index in [4.69, 9.17) is 0 Å². The van der Waals surface area contributed by atoms with Crippen LogP contribution >= 0.6 is 0 Å². The Morgan fingerprint density at radius 1 is 1.50 bits per heavy atom. The third-order valence-electron chi connectivity index (χ3n) is 3.73. The van der Waals surface area contributed by atoms with Crippen LogP contribution in [0.2, 0.25) is 0 Å². The van der Waals surface area contributed by atoms with Gasteiger partial charge in [-0.3, -0.25) is 0 Å². The van der Waals surface area contributed by atoms with Gasteiger partial charge >= 0.3 is 6.03 Å². The molecule has 1 aromatic carbocycles. The zero-order valence-electron chi connectivity index (χ0n) is 12.6. The van der Waals surface area contributed by atoms with Crippen molar-refractivity contribution >= 4 is 11.7 Å². The van der Waals surface area contributed by atoms with Crippen molar-refractivity contribution in [2.45, 2.75) is 45.7 Å². The molecule has 0 spiro atoms. The van der Waals surface area contributed by atoms with E-state index in [0.29, 0.717) is 6.04 Å². The van der Waals surface area contributed by atoms with E-state index in [0.717, 1.165) is 30.8 Å². The lowest BCUT2D eigenvalue weighted by Crippen LogP contribution is -2.46. The van der Waals surface area contributed by atoms with Gasteiger partial charge in [-0.1, -0.05) is 12.1 Å². The van der Waals surface area contributed by atoms with Gasteiger partial charge in [-0.15, -0.1) is 0 Å². The van der Waals surface area contributed by atoms with Gasteiger partial charge in [-0.25, -0.2) is 4.79 Å². The monoisotopic (exact) mass is 275 g/mol. The highest BCUT2D eigenvalue weighted by molar-refractivity contribution is 5.89. The second kappa shape index (κ2) is 6.75. The first-order valence-electron chi connectivity index (χ1n) is 7.44. The van der Waals surface area contributed by atoms with Gasteiger partial charge in [0.15, 0.2) is 0 Å². The lowest BCUT2D eigenvalue weighted by atomic mass is 10.2. The fourth-order valence-electron chi connectivity index (χ4n) is 2.60. The Morgan fingerprint density at radius 2 is 2.30 bits per heavy atom. The maximum atomic E-state index is 12.4. The van der Waals surface area contributed by atoms with Crippen molar-refractivity contribution in [3.05, 3.63) is 29.8 Å². The molecule has 1 aliphatic heterocycles. The molecule has 0 saturated carbocycles. The quantitative estimate of drug-likeness (QED) is 0.887. The van der Waals surface area contributed by atoms with Gasteiger partial charge in [-0.05, 0) is 57.9 Å². The molecule has 2 amide bonds. The van der Waals surface area contributed by atoms with Gasteiger partial charge in [0.1, 0.15) is 0 Å². The van der Waals surface area contributed by atoms with E-state index >= 15 is 0 Å². The third-order valence-corrected chi connectivity index (χ3v) is 3.73. The predicted molar refractivity (Wildman–Crippen MR) is 83.1 cm³/mol. The number of hydrogen-bond donors (Lipinski definition) is 2. The molecule has 0 bridgehead atoms. The normalized spacial score (nSPS) is 18.3. The van der Waals surface area contributed by atoms with Crippen molar-refractivity contribution in [1.82, 2.24) is 10.2 Å². The summed E-state index contributed by atoms with van der Waals surface area (Å²) in [6.07, 6.45) is 2.36. The Hall–Kier alpha value is -1.55. The summed E-state index contributed by atoms with van der Waals surface area (Å²) in [6.45, 7) is 7.99. The van der Waals surface area contributed by atoms with Crippen LogP contribution in [-0.4, -0.2) is 36.1 Å². The van der Waals surface area contributed by atoms with E-state index in [9.17, 15) is 4.79 Å². The maximum absolute atomic E-state index is 12.4. The van der Waals surface area contributed by atoms with Crippen LogP contribution in [0, 0.1) is 6.92 Å². The minimum Gasteiger partial charge on any atom is -0.321 e. The average molecular weight is 275 g/mol. The molecule has 1 aromatic rings. The molecule has 0 aromatic heterocycles. The predicted octanol–water partition coefficient (Wildman–Crippen LogP) is 2.99. The smallest absolute Gasteiger partial charge is 0.321 e. The first-order chi connectivity index (χ1) is 9.56. The van der Waals surface area contributed by atoms with Crippen LogP contribution in [0.5, 0.6) is 0 Å². The molecular weight excluding hydrogens is 250 g/mol. The van der Waals surface area contributed by atoms with Crippen molar-refractivity contribution in [2.24, 2.45) is 0 Å². The first kappa shape index (κ1) is 14.9. The van der Waals surface area contributed by atoms with Crippen LogP contribution in [0.3, 0.4) is 0 Å². The molecule has 2 rings (SSSR count). The molecule has 0 aliphatic carbocycles. The van der Waals surface area contributed by atoms with Crippen molar-refractivity contribution in [1.29, 1.82) is 0 Å². The van der Waals surface area contributed by atoms with Crippen LogP contribution in [-0.2, 0) is 0 Å². The lowest BCUT2D eigenvalue weighted by Gasteiger charge is -2.29. The van der Waals surface area contributed by atoms with E-state index < -0.39 is 0 Å². The number of carbonyl (C=O) groups excluding carboxylic acids is 1. The minimum absolute atomic E-state index is 0.0145. The van der Waals surface area contributed by atoms with E-state index in [1.807, 2.05) is 36.1 Å². The summed E-state index contributed by atoms with van der Waals surface area (Å²) in [5.74, 6) is 0. The van der Waals surface area contributed by atoms with E-state index in [1.165, 1.54) is 6.42 Å². The van der Waals surface area contributed by atoms with Gasteiger partial charge in [0.05, 0.1) is 0 Å². The zero-order chi connectivity index (χ0) is 14.5. The molecule has 110 valence electrons. The molecule has 4 heteroatoms. The Morgan fingerprint density at radius 3 is 2.90 bits per heavy atom. The van der Waals surface area contributed by atoms with Gasteiger partial charge < -0.3 is 15.5 Å². The fraction of sp³-hybridized carbons (Fsp3) is 0.562. The van der Waals surface area contributed by atoms with Crippen LogP contribution < -0.4 is 10.6 Å². The Labute approximate surface area is 121 Å². The highest BCUT2D eigenvalue weighted by atomic mass is 16.2.